The van der Waals surface area contributed by atoms with E-state index < -0.39 is 0 Å². The van der Waals surface area contributed by atoms with Crippen LogP contribution in [0.2, 0.25) is 0 Å². The van der Waals surface area contributed by atoms with Crippen molar-refractivity contribution >= 4 is 0 Å². The van der Waals surface area contributed by atoms with Gasteiger partial charge >= 0.3 is 0 Å². The van der Waals surface area contributed by atoms with Gasteiger partial charge in [-0.1, -0.05) is 18.2 Å². The highest BCUT2D eigenvalue weighted by Crippen LogP contribution is 2.32. The smallest absolute Gasteiger partial charge is 0.123 e. The van der Waals surface area contributed by atoms with E-state index in [4.69, 9.17) is 15.2 Å². The van der Waals surface area contributed by atoms with Gasteiger partial charge in [0.25, 0.3) is 0 Å². The van der Waals surface area contributed by atoms with Gasteiger partial charge in [0.1, 0.15) is 5.75 Å². The van der Waals surface area contributed by atoms with Crippen molar-refractivity contribution in [2.75, 3.05) is 20.3 Å². The third-order valence-electron chi connectivity index (χ3n) is 3.27. The molecule has 0 aliphatic carbocycles. The molecule has 88 valence electrons. The van der Waals surface area contributed by atoms with Crippen molar-refractivity contribution in [1.82, 2.24) is 0 Å². The van der Waals surface area contributed by atoms with Crippen LogP contribution in [0, 0.1) is 5.92 Å². The van der Waals surface area contributed by atoms with E-state index in [1.165, 1.54) is 0 Å². The largest absolute Gasteiger partial charge is 0.496 e. The Morgan fingerprint density at radius 3 is 2.69 bits per heavy atom. The normalized spacial score (nSPS) is 19.4. The quantitative estimate of drug-likeness (QED) is 0.850. The van der Waals surface area contributed by atoms with Crippen molar-refractivity contribution in [3.8, 4) is 5.75 Å². The zero-order valence-electron chi connectivity index (χ0n) is 9.69. The van der Waals surface area contributed by atoms with Crippen molar-refractivity contribution in [2.24, 2.45) is 11.7 Å². The van der Waals surface area contributed by atoms with Gasteiger partial charge < -0.3 is 15.2 Å². The van der Waals surface area contributed by atoms with Crippen molar-refractivity contribution in [3.63, 3.8) is 0 Å². The highest BCUT2D eigenvalue weighted by atomic mass is 16.5. The molecule has 1 saturated heterocycles. The Morgan fingerprint density at radius 1 is 1.31 bits per heavy atom. The summed E-state index contributed by atoms with van der Waals surface area (Å²) in [4.78, 5) is 0. The van der Waals surface area contributed by atoms with Crippen LogP contribution in [0.4, 0.5) is 0 Å². The first-order valence-corrected chi connectivity index (χ1v) is 5.79. The molecule has 1 atom stereocenters. The van der Waals surface area contributed by atoms with Crippen LogP contribution in [0.3, 0.4) is 0 Å². The summed E-state index contributed by atoms with van der Waals surface area (Å²) < 4.78 is 10.7. The van der Waals surface area contributed by atoms with E-state index >= 15 is 0 Å². The van der Waals surface area contributed by atoms with Gasteiger partial charge in [-0.3, -0.25) is 0 Å². The molecule has 0 amide bonds. The molecule has 3 heteroatoms. The van der Waals surface area contributed by atoms with Crippen molar-refractivity contribution in [2.45, 2.75) is 18.9 Å². The molecular formula is C13H19NO2. The lowest BCUT2D eigenvalue weighted by atomic mass is 9.87. The summed E-state index contributed by atoms with van der Waals surface area (Å²) in [6, 6.07) is 8.06. The fourth-order valence-corrected chi connectivity index (χ4v) is 2.27. The Kier molecular flexibility index (Phi) is 3.80. The molecule has 1 fully saturated rings. The lowest BCUT2D eigenvalue weighted by Gasteiger charge is -2.28. The predicted octanol–water partition coefficient (Wildman–Crippen LogP) is 2.12. The number of ether oxygens (including phenoxy) is 2. The van der Waals surface area contributed by atoms with Gasteiger partial charge in [0, 0.05) is 24.8 Å². The van der Waals surface area contributed by atoms with E-state index in [1.54, 1.807) is 7.11 Å². The van der Waals surface area contributed by atoms with Gasteiger partial charge in [0.05, 0.1) is 7.11 Å². The van der Waals surface area contributed by atoms with Crippen LogP contribution < -0.4 is 10.5 Å². The molecule has 0 aromatic heterocycles. The molecule has 1 heterocycles. The maximum atomic E-state index is 6.31. The molecular weight excluding hydrogens is 202 g/mol. The number of rotatable bonds is 3. The SMILES string of the molecule is COc1ccccc1C(N)C1CCOCC1. The molecule has 0 saturated carbocycles. The van der Waals surface area contributed by atoms with Crippen molar-refractivity contribution < 1.29 is 9.47 Å². The van der Waals surface area contributed by atoms with Crippen molar-refractivity contribution in [3.05, 3.63) is 29.8 Å². The summed E-state index contributed by atoms with van der Waals surface area (Å²) >= 11 is 0. The maximum Gasteiger partial charge on any atom is 0.123 e. The van der Waals surface area contributed by atoms with E-state index in [9.17, 15) is 0 Å². The first-order chi connectivity index (χ1) is 7.83. The predicted molar refractivity (Wildman–Crippen MR) is 63.5 cm³/mol. The van der Waals surface area contributed by atoms with Crippen molar-refractivity contribution in [1.29, 1.82) is 0 Å². The number of para-hydroxylation sites is 1. The fourth-order valence-electron chi connectivity index (χ4n) is 2.27. The number of hydrogen-bond donors (Lipinski definition) is 1. The van der Waals surface area contributed by atoms with Gasteiger partial charge in [-0.25, -0.2) is 0 Å². The third-order valence-corrected chi connectivity index (χ3v) is 3.27. The molecule has 0 spiro atoms. The summed E-state index contributed by atoms with van der Waals surface area (Å²) in [5.41, 5.74) is 7.42. The Labute approximate surface area is 96.5 Å². The standard InChI is InChI=1S/C13H19NO2/c1-15-12-5-3-2-4-11(12)13(14)10-6-8-16-9-7-10/h2-5,10,13H,6-9,14H2,1H3. The maximum absolute atomic E-state index is 6.31. The molecule has 1 aromatic rings. The minimum absolute atomic E-state index is 0.0556. The van der Waals surface area contributed by atoms with E-state index in [0.717, 1.165) is 37.4 Å². The lowest BCUT2D eigenvalue weighted by Crippen LogP contribution is -2.27. The third kappa shape index (κ3) is 2.36. The number of nitrogens with two attached hydrogens (primary N) is 1. The van der Waals surface area contributed by atoms with Gasteiger partial charge in [-0.05, 0) is 24.8 Å². The van der Waals surface area contributed by atoms with Crippen LogP contribution in [0.25, 0.3) is 0 Å². The summed E-state index contributed by atoms with van der Waals surface area (Å²) in [6.45, 7) is 1.65. The van der Waals surface area contributed by atoms with Gasteiger partial charge in [-0.15, -0.1) is 0 Å². The van der Waals surface area contributed by atoms with Gasteiger partial charge in [-0.2, -0.15) is 0 Å². The minimum Gasteiger partial charge on any atom is -0.496 e. The molecule has 3 nitrogen and oxygen atoms in total. The Balaban J connectivity index is 2.15. The van der Waals surface area contributed by atoms with Gasteiger partial charge in [0.15, 0.2) is 0 Å². The van der Waals surface area contributed by atoms with E-state index in [2.05, 4.69) is 6.07 Å². The van der Waals surface area contributed by atoms with E-state index in [1.807, 2.05) is 18.2 Å². The summed E-state index contributed by atoms with van der Waals surface area (Å²) in [7, 11) is 1.69. The molecule has 2 N–H and O–H groups in total. The highest BCUT2D eigenvalue weighted by molar-refractivity contribution is 5.36. The molecule has 16 heavy (non-hydrogen) atoms. The lowest BCUT2D eigenvalue weighted by molar-refractivity contribution is 0.0581. The average molecular weight is 221 g/mol. The topological polar surface area (TPSA) is 44.5 Å². The fraction of sp³-hybridized carbons (Fsp3) is 0.538. The minimum atomic E-state index is 0.0556. The molecule has 1 unspecified atom stereocenters. The monoisotopic (exact) mass is 221 g/mol. The molecule has 0 radical (unpaired) electrons. The Hall–Kier alpha value is -1.06. The average Bonchev–Trinajstić information content (AvgIpc) is 2.39. The summed E-state index contributed by atoms with van der Waals surface area (Å²) in [5.74, 6) is 1.39. The molecule has 2 rings (SSSR count). The molecule has 1 aliphatic heterocycles. The van der Waals surface area contributed by atoms with Crippen LogP contribution in [-0.2, 0) is 4.74 Å². The second kappa shape index (κ2) is 5.32. The van der Waals surface area contributed by atoms with E-state index in [0.29, 0.717) is 5.92 Å². The van der Waals surface area contributed by atoms with E-state index in [-0.39, 0.29) is 6.04 Å². The first kappa shape index (κ1) is 11.4. The molecule has 1 aromatic carbocycles. The summed E-state index contributed by atoms with van der Waals surface area (Å²) in [5, 5.41) is 0. The zero-order chi connectivity index (χ0) is 11.4. The second-order valence-corrected chi connectivity index (χ2v) is 4.22. The number of benzene rings is 1. The second-order valence-electron chi connectivity index (χ2n) is 4.22. The first-order valence-electron chi connectivity index (χ1n) is 5.79. The number of hydrogen-bond acceptors (Lipinski definition) is 3. The van der Waals surface area contributed by atoms with Crippen LogP contribution in [-0.4, -0.2) is 20.3 Å². The van der Waals surface area contributed by atoms with Crippen LogP contribution in [0.15, 0.2) is 24.3 Å². The Morgan fingerprint density at radius 2 is 2.00 bits per heavy atom. The van der Waals surface area contributed by atoms with Crippen LogP contribution in [0.1, 0.15) is 24.4 Å². The van der Waals surface area contributed by atoms with Crippen LogP contribution >= 0.6 is 0 Å². The number of methoxy groups -OCH3 is 1. The van der Waals surface area contributed by atoms with Crippen LogP contribution in [0.5, 0.6) is 5.75 Å². The zero-order valence-corrected chi connectivity index (χ0v) is 9.69. The molecule has 0 bridgehead atoms. The molecule has 1 aliphatic rings. The summed E-state index contributed by atoms with van der Waals surface area (Å²) in [6.07, 6.45) is 2.08. The van der Waals surface area contributed by atoms with Gasteiger partial charge in [0.2, 0.25) is 0 Å². The highest BCUT2D eigenvalue weighted by Gasteiger charge is 2.24. The Bertz CT molecular complexity index is 334.